The third-order valence-electron chi connectivity index (χ3n) is 7.80. The maximum Gasteiger partial charge on any atom is 0.00747 e. The molecule has 4 atom stereocenters. The maximum atomic E-state index is 6.18. The number of hydrogen-bond acceptors (Lipinski definition) is 2. The summed E-state index contributed by atoms with van der Waals surface area (Å²) in [6, 6.07) is 0.784. The molecule has 26 heavy (non-hydrogen) atoms. The Morgan fingerprint density at radius 3 is 1.58 bits per heavy atom. The highest BCUT2D eigenvalue weighted by Gasteiger charge is 2.46. The summed E-state index contributed by atoms with van der Waals surface area (Å²) in [7, 11) is 0. The first kappa shape index (κ1) is 24.0. The third-order valence-corrected chi connectivity index (χ3v) is 7.80. The molecule has 0 aromatic rings. The Morgan fingerprint density at radius 1 is 0.731 bits per heavy atom. The van der Waals surface area contributed by atoms with Gasteiger partial charge in [-0.25, -0.2) is 0 Å². The molecule has 2 nitrogen and oxygen atoms in total. The Morgan fingerprint density at radius 2 is 1.19 bits per heavy atom. The van der Waals surface area contributed by atoms with E-state index in [0.717, 1.165) is 0 Å². The van der Waals surface area contributed by atoms with Crippen molar-refractivity contribution in [3.63, 3.8) is 0 Å². The van der Waals surface area contributed by atoms with Crippen LogP contribution in [0.1, 0.15) is 108 Å². The van der Waals surface area contributed by atoms with Crippen molar-refractivity contribution in [2.24, 2.45) is 44.5 Å². The molecule has 0 spiro atoms. The molecule has 2 saturated carbocycles. The first-order valence-corrected chi connectivity index (χ1v) is 10.8. The van der Waals surface area contributed by atoms with Gasteiger partial charge in [0.25, 0.3) is 0 Å². The first-order valence-electron chi connectivity index (χ1n) is 10.8. The van der Waals surface area contributed by atoms with Crippen LogP contribution in [0.25, 0.3) is 0 Å². The van der Waals surface area contributed by atoms with Crippen molar-refractivity contribution in [3.8, 4) is 0 Å². The van der Waals surface area contributed by atoms with Crippen molar-refractivity contribution in [2.75, 3.05) is 0 Å². The second kappa shape index (κ2) is 7.39. The molecule has 2 aliphatic carbocycles. The maximum absolute atomic E-state index is 6.18. The van der Waals surface area contributed by atoms with Crippen molar-refractivity contribution >= 4 is 0 Å². The fourth-order valence-electron chi connectivity index (χ4n) is 5.99. The van der Waals surface area contributed by atoms with Gasteiger partial charge >= 0.3 is 0 Å². The van der Waals surface area contributed by atoms with E-state index in [0.29, 0.717) is 45.1 Å². The monoisotopic (exact) mass is 366 g/mol. The Labute approximate surface area is 165 Å². The predicted molar refractivity (Wildman–Crippen MR) is 117 cm³/mol. The standard InChI is InChI=1S/C13H27N.C11H23N/c1-11(2,3)13(6)8-10(14)7-12(4,5)9-13;1-8-9(12)6-10(2,3)7-11(8,4)5/h10H,7-9,14H2,1-6H3;8-9H,6-7,12H2,1-5H3. The Hall–Kier alpha value is -0.0800. The van der Waals surface area contributed by atoms with Gasteiger partial charge in [0.05, 0.1) is 0 Å². The lowest BCUT2D eigenvalue weighted by atomic mass is 9.54. The highest BCUT2D eigenvalue weighted by molar-refractivity contribution is 4.98. The van der Waals surface area contributed by atoms with Crippen LogP contribution in [0.15, 0.2) is 0 Å². The van der Waals surface area contributed by atoms with E-state index >= 15 is 0 Å². The summed E-state index contributed by atoms with van der Waals surface area (Å²) in [5.74, 6) is 0.658. The van der Waals surface area contributed by atoms with E-state index in [-0.39, 0.29) is 0 Å². The summed E-state index contributed by atoms with van der Waals surface area (Å²) in [5, 5.41) is 0. The van der Waals surface area contributed by atoms with E-state index in [1.54, 1.807) is 0 Å². The SMILES string of the molecule is CC1(C)CC(N)CC(C)(C(C)(C)C)C1.CC1C(N)CC(C)(C)CC1(C)C. The largest absolute Gasteiger partial charge is 0.328 e. The van der Waals surface area contributed by atoms with Crippen molar-refractivity contribution in [1.29, 1.82) is 0 Å². The molecule has 2 rings (SSSR count). The fraction of sp³-hybridized carbons (Fsp3) is 1.00. The summed E-state index contributed by atoms with van der Waals surface area (Å²) in [6.45, 7) is 25.8. The van der Waals surface area contributed by atoms with Gasteiger partial charge in [-0.1, -0.05) is 76.2 Å². The van der Waals surface area contributed by atoms with Gasteiger partial charge in [0.15, 0.2) is 0 Å². The second-order valence-corrected chi connectivity index (χ2v) is 13.3. The van der Waals surface area contributed by atoms with Crippen molar-refractivity contribution in [3.05, 3.63) is 0 Å². The van der Waals surface area contributed by atoms with Crippen LogP contribution < -0.4 is 11.5 Å². The molecule has 0 aliphatic heterocycles. The first-order chi connectivity index (χ1) is 11.3. The molecule has 0 bridgehead atoms. The van der Waals surface area contributed by atoms with E-state index in [4.69, 9.17) is 11.5 Å². The zero-order valence-corrected chi connectivity index (χ0v) is 19.9. The minimum Gasteiger partial charge on any atom is -0.328 e. The highest BCUT2D eigenvalue weighted by Crippen LogP contribution is 2.54. The highest BCUT2D eigenvalue weighted by atomic mass is 14.7. The van der Waals surface area contributed by atoms with Gasteiger partial charge in [0.1, 0.15) is 0 Å². The summed E-state index contributed by atoms with van der Waals surface area (Å²) in [5.41, 5.74) is 14.3. The number of nitrogens with two attached hydrogens (primary N) is 2. The van der Waals surface area contributed by atoms with Crippen LogP contribution in [0.3, 0.4) is 0 Å². The molecule has 0 aromatic carbocycles. The Bertz CT molecular complexity index is 469. The van der Waals surface area contributed by atoms with Crippen LogP contribution in [0.4, 0.5) is 0 Å². The number of hydrogen-bond donors (Lipinski definition) is 2. The van der Waals surface area contributed by atoms with Crippen molar-refractivity contribution < 1.29 is 0 Å². The molecule has 2 fully saturated rings. The van der Waals surface area contributed by atoms with E-state index in [1.807, 2.05) is 0 Å². The van der Waals surface area contributed by atoms with E-state index in [9.17, 15) is 0 Å². The molecule has 0 radical (unpaired) electrons. The Kier molecular flexibility index (Phi) is 6.81. The molecule has 0 amide bonds. The molecular formula is C24H50N2. The summed E-state index contributed by atoms with van der Waals surface area (Å²) >= 11 is 0. The molecule has 4 N–H and O–H groups in total. The van der Waals surface area contributed by atoms with Crippen LogP contribution >= 0.6 is 0 Å². The molecule has 2 aliphatic rings. The van der Waals surface area contributed by atoms with Gasteiger partial charge in [0.2, 0.25) is 0 Å². The topological polar surface area (TPSA) is 52.0 Å². The lowest BCUT2D eigenvalue weighted by molar-refractivity contribution is -0.00738. The molecule has 4 unspecified atom stereocenters. The second-order valence-electron chi connectivity index (χ2n) is 13.3. The van der Waals surface area contributed by atoms with Gasteiger partial charge in [-0.05, 0) is 65.1 Å². The average Bonchev–Trinajstić information content (AvgIpc) is 2.30. The molecule has 0 aromatic heterocycles. The Balaban J connectivity index is 0.000000263. The van der Waals surface area contributed by atoms with Gasteiger partial charge in [-0.2, -0.15) is 0 Å². The van der Waals surface area contributed by atoms with Crippen LogP contribution in [-0.2, 0) is 0 Å². The van der Waals surface area contributed by atoms with Gasteiger partial charge in [-0.15, -0.1) is 0 Å². The van der Waals surface area contributed by atoms with Crippen LogP contribution in [0.2, 0.25) is 0 Å². The molecule has 156 valence electrons. The predicted octanol–water partition coefficient (Wildman–Crippen LogP) is 6.37. The minimum atomic E-state index is 0.363. The lowest BCUT2D eigenvalue weighted by Gasteiger charge is -2.52. The van der Waals surface area contributed by atoms with Gasteiger partial charge < -0.3 is 11.5 Å². The summed E-state index contributed by atoms with van der Waals surface area (Å²) in [4.78, 5) is 0. The van der Waals surface area contributed by atoms with Crippen LogP contribution in [0.5, 0.6) is 0 Å². The fourth-order valence-corrected chi connectivity index (χ4v) is 5.99. The minimum absolute atomic E-state index is 0.363. The molecule has 0 heterocycles. The van der Waals surface area contributed by atoms with Gasteiger partial charge in [-0.3, -0.25) is 0 Å². The van der Waals surface area contributed by atoms with Crippen LogP contribution in [0, 0.1) is 33.0 Å². The van der Waals surface area contributed by atoms with Crippen LogP contribution in [-0.4, -0.2) is 12.1 Å². The third kappa shape index (κ3) is 5.96. The summed E-state index contributed by atoms with van der Waals surface area (Å²) in [6.07, 6.45) is 6.14. The van der Waals surface area contributed by atoms with E-state index in [2.05, 4.69) is 76.2 Å². The zero-order chi connectivity index (χ0) is 20.8. The van der Waals surface area contributed by atoms with E-state index < -0.39 is 0 Å². The summed E-state index contributed by atoms with van der Waals surface area (Å²) < 4.78 is 0. The average molecular weight is 367 g/mol. The number of rotatable bonds is 0. The lowest BCUT2D eigenvalue weighted by Crippen LogP contribution is -2.47. The van der Waals surface area contributed by atoms with Crippen molar-refractivity contribution in [2.45, 2.75) is 120 Å². The molecular weight excluding hydrogens is 316 g/mol. The smallest absolute Gasteiger partial charge is 0.00747 e. The quantitative estimate of drug-likeness (QED) is 0.523. The normalized spacial score (nSPS) is 38.9. The molecule has 0 saturated heterocycles. The van der Waals surface area contributed by atoms with Gasteiger partial charge in [0, 0.05) is 12.1 Å². The van der Waals surface area contributed by atoms with Crippen molar-refractivity contribution in [1.82, 2.24) is 0 Å². The van der Waals surface area contributed by atoms with E-state index in [1.165, 1.54) is 32.1 Å². The zero-order valence-electron chi connectivity index (χ0n) is 19.9. The molecule has 2 heteroatoms.